The van der Waals surface area contributed by atoms with Gasteiger partial charge in [0, 0.05) is 23.7 Å². The molecular formula is C30H41N3O4. The van der Waals surface area contributed by atoms with E-state index in [9.17, 15) is 19.5 Å². The van der Waals surface area contributed by atoms with Crippen LogP contribution < -0.4 is 10.2 Å². The fourth-order valence-electron chi connectivity index (χ4n) is 4.98. The molecule has 7 nitrogen and oxygen atoms in total. The van der Waals surface area contributed by atoms with Crippen LogP contribution in [-0.4, -0.2) is 60.5 Å². The maximum absolute atomic E-state index is 13.6. The molecule has 3 rings (SSSR count). The van der Waals surface area contributed by atoms with Crippen LogP contribution in [0.5, 0.6) is 0 Å². The van der Waals surface area contributed by atoms with Gasteiger partial charge in [-0.05, 0) is 68.6 Å². The summed E-state index contributed by atoms with van der Waals surface area (Å²) in [5.74, 6) is -1.90. The number of anilines is 1. The van der Waals surface area contributed by atoms with E-state index >= 15 is 0 Å². The molecule has 0 aromatic heterocycles. The fourth-order valence-corrected chi connectivity index (χ4v) is 4.98. The van der Waals surface area contributed by atoms with Gasteiger partial charge in [-0.15, -0.1) is 0 Å². The zero-order chi connectivity index (χ0) is 26.6. The van der Waals surface area contributed by atoms with Gasteiger partial charge in [0.05, 0.1) is 6.42 Å². The SMILES string of the molecule is CCCCN(CCCC)CCCCNC(=O)CN1C(=O)c2ccccc2C(CC(=O)O)c2ccccc21. The molecule has 2 amide bonds. The van der Waals surface area contributed by atoms with Crippen LogP contribution in [0.3, 0.4) is 0 Å². The third-order valence-corrected chi connectivity index (χ3v) is 6.97. The minimum Gasteiger partial charge on any atom is -0.481 e. The number of hydrogen-bond acceptors (Lipinski definition) is 4. The first-order valence-corrected chi connectivity index (χ1v) is 13.7. The number of nitrogens with zero attached hydrogens (tertiary/aromatic N) is 2. The van der Waals surface area contributed by atoms with Gasteiger partial charge < -0.3 is 15.3 Å². The Kier molecular flexibility index (Phi) is 11.1. The van der Waals surface area contributed by atoms with Crippen LogP contribution >= 0.6 is 0 Å². The van der Waals surface area contributed by atoms with Crippen molar-refractivity contribution in [2.45, 2.75) is 64.7 Å². The van der Waals surface area contributed by atoms with Crippen LogP contribution in [0, 0.1) is 0 Å². The molecule has 200 valence electrons. The van der Waals surface area contributed by atoms with Crippen LogP contribution in [0.2, 0.25) is 0 Å². The molecule has 2 aromatic carbocycles. The number of unbranched alkanes of at least 4 members (excludes halogenated alkanes) is 3. The summed E-state index contributed by atoms with van der Waals surface area (Å²) in [6, 6.07) is 14.4. The number of carbonyl (C=O) groups excluding carboxylic acids is 2. The molecule has 0 radical (unpaired) electrons. The predicted molar refractivity (Wildman–Crippen MR) is 147 cm³/mol. The van der Waals surface area contributed by atoms with Gasteiger partial charge in [0.2, 0.25) is 5.91 Å². The average molecular weight is 508 g/mol. The van der Waals surface area contributed by atoms with Crippen LogP contribution in [0.4, 0.5) is 5.69 Å². The van der Waals surface area contributed by atoms with Crippen LogP contribution in [0.15, 0.2) is 48.5 Å². The highest BCUT2D eigenvalue weighted by Crippen LogP contribution is 2.40. The molecule has 0 spiro atoms. The Bertz CT molecular complexity index is 1050. The lowest BCUT2D eigenvalue weighted by atomic mass is 9.86. The first-order valence-electron chi connectivity index (χ1n) is 13.7. The Morgan fingerprint density at radius 2 is 1.51 bits per heavy atom. The Balaban J connectivity index is 1.65. The highest BCUT2D eigenvalue weighted by molar-refractivity contribution is 6.11. The molecular weight excluding hydrogens is 466 g/mol. The number of para-hydroxylation sites is 1. The van der Waals surface area contributed by atoms with Crippen molar-refractivity contribution in [3.05, 3.63) is 65.2 Å². The number of nitrogens with one attached hydrogen (secondary N) is 1. The molecule has 7 heteroatoms. The summed E-state index contributed by atoms with van der Waals surface area (Å²) in [7, 11) is 0. The number of aliphatic carboxylic acids is 1. The number of carboxylic acid groups (broad SMARTS) is 1. The first kappa shape index (κ1) is 28.4. The largest absolute Gasteiger partial charge is 0.481 e. The van der Waals surface area contributed by atoms with Gasteiger partial charge >= 0.3 is 5.97 Å². The summed E-state index contributed by atoms with van der Waals surface area (Å²) in [5, 5.41) is 12.6. The minimum absolute atomic E-state index is 0.108. The minimum atomic E-state index is -0.934. The van der Waals surface area contributed by atoms with E-state index in [-0.39, 0.29) is 24.8 Å². The second-order valence-corrected chi connectivity index (χ2v) is 9.79. The van der Waals surface area contributed by atoms with Gasteiger partial charge in [-0.25, -0.2) is 0 Å². The van der Waals surface area contributed by atoms with Gasteiger partial charge in [-0.3, -0.25) is 19.3 Å². The second kappa shape index (κ2) is 14.5. The molecule has 0 saturated heterocycles. The first-order chi connectivity index (χ1) is 18.0. The molecule has 2 N–H and O–H groups in total. The molecule has 0 saturated carbocycles. The van der Waals surface area contributed by atoms with E-state index in [4.69, 9.17) is 0 Å². The average Bonchev–Trinajstić information content (AvgIpc) is 2.99. The van der Waals surface area contributed by atoms with E-state index in [0.717, 1.165) is 38.0 Å². The molecule has 0 aliphatic carbocycles. The van der Waals surface area contributed by atoms with Crippen LogP contribution in [0.1, 0.15) is 86.2 Å². The van der Waals surface area contributed by atoms with Crippen molar-refractivity contribution >= 4 is 23.5 Å². The fraction of sp³-hybridized carbons (Fsp3) is 0.500. The zero-order valence-electron chi connectivity index (χ0n) is 22.2. The Labute approximate surface area is 220 Å². The van der Waals surface area contributed by atoms with E-state index in [2.05, 4.69) is 24.1 Å². The van der Waals surface area contributed by atoms with E-state index in [0.29, 0.717) is 23.4 Å². The third-order valence-electron chi connectivity index (χ3n) is 6.97. The van der Waals surface area contributed by atoms with Gasteiger partial charge in [0.15, 0.2) is 0 Å². The molecule has 37 heavy (non-hydrogen) atoms. The van der Waals surface area contributed by atoms with Crippen molar-refractivity contribution in [3.8, 4) is 0 Å². The van der Waals surface area contributed by atoms with Crippen molar-refractivity contribution in [1.82, 2.24) is 10.2 Å². The number of fused-ring (bicyclic) bond motifs is 2. The summed E-state index contributed by atoms with van der Waals surface area (Å²) in [5.41, 5.74) is 2.46. The number of benzene rings is 2. The lowest BCUT2D eigenvalue weighted by Crippen LogP contribution is -2.41. The smallest absolute Gasteiger partial charge is 0.304 e. The zero-order valence-corrected chi connectivity index (χ0v) is 22.2. The van der Waals surface area contributed by atoms with Gasteiger partial charge in [0.25, 0.3) is 5.91 Å². The summed E-state index contributed by atoms with van der Waals surface area (Å²) in [4.78, 5) is 42.2. The molecule has 1 aliphatic rings. The third kappa shape index (κ3) is 7.89. The Hall–Kier alpha value is -3.19. The van der Waals surface area contributed by atoms with Gasteiger partial charge in [-0.1, -0.05) is 63.1 Å². The van der Waals surface area contributed by atoms with E-state index < -0.39 is 11.9 Å². The summed E-state index contributed by atoms with van der Waals surface area (Å²) < 4.78 is 0. The topological polar surface area (TPSA) is 90.0 Å². The molecule has 0 bridgehead atoms. The van der Waals surface area contributed by atoms with Crippen molar-refractivity contribution in [2.75, 3.05) is 37.6 Å². The molecule has 1 aliphatic heterocycles. The predicted octanol–water partition coefficient (Wildman–Crippen LogP) is 5.05. The van der Waals surface area contributed by atoms with Crippen molar-refractivity contribution in [3.63, 3.8) is 0 Å². The van der Waals surface area contributed by atoms with Crippen LogP contribution in [-0.2, 0) is 9.59 Å². The quantitative estimate of drug-likeness (QED) is 0.329. The molecule has 0 fully saturated rings. The number of rotatable bonds is 15. The summed E-state index contributed by atoms with van der Waals surface area (Å²) in [6.07, 6.45) is 6.58. The van der Waals surface area contributed by atoms with Gasteiger partial charge in [-0.2, -0.15) is 0 Å². The highest BCUT2D eigenvalue weighted by Gasteiger charge is 2.34. The van der Waals surface area contributed by atoms with Crippen molar-refractivity contribution < 1.29 is 19.5 Å². The molecule has 1 heterocycles. The lowest BCUT2D eigenvalue weighted by Gasteiger charge is -2.24. The normalized spacial score (nSPS) is 14.7. The monoisotopic (exact) mass is 507 g/mol. The Morgan fingerprint density at radius 1 is 0.892 bits per heavy atom. The van der Waals surface area contributed by atoms with E-state index in [1.54, 1.807) is 18.2 Å². The van der Waals surface area contributed by atoms with Crippen molar-refractivity contribution in [1.29, 1.82) is 0 Å². The number of hydrogen-bond donors (Lipinski definition) is 2. The highest BCUT2D eigenvalue weighted by atomic mass is 16.4. The van der Waals surface area contributed by atoms with Crippen LogP contribution in [0.25, 0.3) is 0 Å². The standard InChI is InChI=1S/C30H41N3O4/c1-3-5-18-32(19-6-4-2)20-12-11-17-31-28(34)22-33-27-16-10-9-14-24(27)26(21-29(35)36)23-13-7-8-15-25(23)30(33)37/h7-10,13-16,26H,3-6,11-12,17-22H2,1-2H3,(H,31,34)(H,35,36). The van der Waals surface area contributed by atoms with Gasteiger partial charge in [0.1, 0.15) is 6.54 Å². The lowest BCUT2D eigenvalue weighted by molar-refractivity contribution is -0.137. The second-order valence-electron chi connectivity index (χ2n) is 9.79. The summed E-state index contributed by atoms with van der Waals surface area (Å²) >= 11 is 0. The maximum Gasteiger partial charge on any atom is 0.304 e. The summed E-state index contributed by atoms with van der Waals surface area (Å²) in [6.45, 7) is 8.18. The Morgan fingerprint density at radius 3 is 2.19 bits per heavy atom. The molecule has 1 atom stereocenters. The molecule has 1 unspecified atom stereocenters. The number of amides is 2. The number of carbonyl (C=O) groups is 3. The van der Waals surface area contributed by atoms with E-state index in [1.165, 1.54) is 30.6 Å². The molecule has 2 aromatic rings. The number of carboxylic acids is 1. The van der Waals surface area contributed by atoms with E-state index in [1.807, 2.05) is 30.3 Å². The van der Waals surface area contributed by atoms with Crippen molar-refractivity contribution in [2.24, 2.45) is 0 Å². The maximum atomic E-state index is 13.6.